The van der Waals surface area contributed by atoms with Crippen molar-refractivity contribution in [3.05, 3.63) is 24.0 Å². The van der Waals surface area contributed by atoms with Gasteiger partial charge in [-0.25, -0.2) is 9.78 Å². The van der Waals surface area contributed by atoms with Gasteiger partial charge < -0.3 is 14.7 Å². The minimum Gasteiger partial charge on any atom is -0.477 e. The number of anilines is 1. The van der Waals surface area contributed by atoms with Gasteiger partial charge in [0, 0.05) is 26.8 Å². The molecule has 1 aliphatic rings. The van der Waals surface area contributed by atoms with Gasteiger partial charge in [-0.2, -0.15) is 0 Å². The van der Waals surface area contributed by atoms with Crippen LogP contribution in [0, 0.1) is 5.92 Å². The molecule has 0 spiro atoms. The highest BCUT2D eigenvalue weighted by Gasteiger charge is 2.19. The van der Waals surface area contributed by atoms with Crippen LogP contribution in [-0.4, -0.2) is 42.9 Å². The largest absolute Gasteiger partial charge is 0.477 e. The third kappa shape index (κ3) is 2.98. The minimum atomic E-state index is -0.986. The van der Waals surface area contributed by atoms with Crippen LogP contribution in [0.25, 0.3) is 0 Å². The van der Waals surface area contributed by atoms with Gasteiger partial charge in [-0.05, 0) is 30.9 Å². The van der Waals surface area contributed by atoms with Crippen LogP contribution in [0.1, 0.15) is 23.3 Å². The first-order chi connectivity index (χ1) is 8.70. The van der Waals surface area contributed by atoms with Gasteiger partial charge in [0.2, 0.25) is 0 Å². The Bertz CT molecular complexity index is 397. The maximum Gasteiger partial charge on any atom is 0.354 e. The van der Waals surface area contributed by atoms with Crippen LogP contribution in [0.3, 0.4) is 0 Å². The van der Waals surface area contributed by atoms with Gasteiger partial charge in [-0.3, -0.25) is 0 Å². The summed E-state index contributed by atoms with van der Waals surface area (Å²) in [5, 5.41) is 8.79. The molecule has 0 unspecified atom stereocenters. The molecule has 98 valence electrons. The first-order valence-electron chi connectivity index (χ1n) is 6.14. The third-order valence-electron chi connectivity index (χ3n) is 3.35. The average Bonchev–Trinajstić information content (AvgIpc) is 2.40. The third-order valence-corrected chi connectivity index (χ3v) is 3.35. The molecule has 2 rings (SSSR count). The maximum absolute atomic E-state index is 10.7. The van der Waals surface area contributed by atoms with Crippen molar-refractivity contribution < 1.29 is 14.6 Å². The Morgan fingerprint density at radius 3 is 2.72 bits per heavy atom. The van der Waals surface area contributed by atoms with Crippen LogP contribution >= 0.6 is 0 Å². The molecule has 2 heterocycles. The van der Waals surface area contributed by atoms with Crippen LogP contribution in [-0.2, 0) is 4.74 Å². The Hall–Kier alpha value is -1.62. The van der Waals surface area contributed by atoms with E-state index in [2.05, 4.69) is 9.88 Å². The minimum absolute atomic E-state index is 0.0908. The van der Waals surface area contributed by atoms with Crippen molar-refractivity contribution in [3.63, 3.8) is 0 Å². The molecule has 0 bridgehead atoms. The Labute approximate surface area is 106 Å². The number of pyridine rings is 1. The Morgan fingerprint density at radius 1 is 1.50 bits per heavy atom. The van der Waals surface area contributed by atoms with Crippen molar-refractivity contribution >= 4 is 11.7 Å². The maximum atomic E-state index is 10.7. The molecule has 1 aromatic rings. The van der Waals surface area contributed by atoms with Crippen LogP contribution in [0.4, 0.5) is 5.69 Å². The van der Waals surface area contributed by atoms with Crippen molar-refractivity contribution in [2.24, 2.45) is 5.92 Å². The summed E-state index contributed by atoms with van der Waals surface area (Å²) < 4.78 is 5.17. The topological polar surface area (TPSA) is 62.7 Å². The fraction of sp³-hybridized carbons (Fsp3) is 0.538. The van der Waals surface area contributed by atoms with Gasteiger partial charge in [0.1, 0.15) is 5.69 Å². The molecule has 1 aromatic heterocycles. The number of carboxylic acids is 1. The van der Waals surface area contributed by atoms with Crippen molar-refractivity contribution in [2.75, 3.05) is 31.7 Å². The summed E-state index contributed by atoms with van der Waals surface area (Å²) in [5.74, 6) is -0.349. The van der Waals surface area contributed by atoms with Gasteiger partial charge >= 0.3 is 5.97 Å². The standard InChI is InChI=1S/C13H18N2O3/c1-18-9-10-4-6-15(7-5-10)11-2-3-12(13(16)17)14-8-11/h2-3,8,10H,4-7,9H2,1H3,(H,16,17). The number of nitrogens with zero attached hydrogens (tertiary/aromatic N) is 2. The second-order valence-electron chi connectivity index (χ2n) is 4.59. The molecule has 0 aliphatic carbocycles. The molecule has 18 heavy (non-hydrogen) atoms. The molecule has 1 saturated heterocycles. The van der Waals surface area contributed by atoms with Crippen LogP contribution < -0.4 is 4.90 Å². The lowest BCUT2D eigenvalue weighted by Gasteiger charge is -2.33. The monoisotopic (exact) mass is 250 g/mol. The molecule has 0 radical (unpaired) electrons. The molecule has 5 nitrogen and oxygen atoms in total. The van der Waals surface area contributed by atoms with Crippen molar-refractivity contribution in [1.82, 2.24) is 4.98 Å². The van der Waals surface area contributed by atoms with E-state index in [4.69, 9.17) is 9.84 Å². The van der Waals surface area contributed by atoms with Crippen molar-refractivity contribution in [2.45, 2.75) is 12.8 Å². The van der Waals surface area contributed by atoms with E-state index < -0.39 is 5.97 Å². The molecule has 0 saturated carbocycles. The first kappa shape index (κ1) is 12.8. The number of hydrogen-bond donors (Lipinski definition) is 1. The molecule has 0 amide bonds. The second-order valence-corrected chi connectivity index (χ2v) is 4.59. The Kier molecular flexibility index (Phi) is 4.15. The van der Waals surface area contributed by atoms with Gasteiger partial charge in [-0.1, -0.05) is 0 Å². The van der Waals surface area contributed by atoms with Gasteiger partial charge in [0.25, 0.3) is 0 Å². The lowest BCUT2D eigenvalue weighted by molar-refractivity contribution is 0.0690. The SMILES string of the molecule is COCC1CCN(c2ccc(C(=O)O)nc2)CC1. The number of aromatic nitrogens is 1. The summed E-state index contributed by atoms with van der Waals surface area (Å²) in [6.45, 7) is 2.77. The van der Waals surface area contributed by atoms with Crippen LogP contribution in [0.2, 0.25) is 0 Å². The zero-order chi connectivity index (χ0) is 13.0. The Balaban J connectivity index is 1.95. The first-order valence-corrected chi connectivity index (χ1v) is 6.14. The lowest BCUT2D eigenvalue weighted by atomic mass is 9.97. The fourth-order valence-electron chi connectivity index (χ4n) is 2.29. The molecule has 1 fully saturated rings. The predicted molar refractivity (Wildman–Crippen MR) is 68.0 cm³/mol. The molecular formula is C13H18N2O3. The van der Waals surface area contributed by atoms with Gasteiger partial charge in [0.15, 0.2) is 0 Å². The number of methoxy groups -OCH3 is 1. The van der Waals surface area contributed by atoms with E-state index in [0.29, 0.717) is 5.92 Å². The molecule has 5 heteroatoms. The number of aromatic carboxylic acids is 1. The zero-order valence-corrected chi connectivity index (χ0v) is 10.5. The molecular weight excluding hydrogens is 232 g/mol. The fourth-order valence-corrected chi connectivity index (χ4v) is 2.29. The lowest BCUT2D eigenvalue weighted by Crippen LogP contribution is -2.35. The summed E-state index contributed by atoms with van der Waals surface area (Å²) in [4.78, 5) is 16.9. The number of piperidine rings is 1. The molecule has 1 aliphatic heterocycles. The van der Waals surface area contributed by atoms with Gasteiger partial charge in [0.05, 0.1) is 11.9 Å². The molecule has 0 atom stereocenters. The average molecular weight is 250 g/mol. The van der Waals surface area contributed by atoms with E-state index in [1.807, 2.05) is 6.07 Å². The van der Waals surface area contributed by atoms with E-state index in [9.17, 15) is 4.79 Å². The highest BCUT2D eigenvalue weighted by molar-refractivity contribution is 5.85. The quantitative estimate of drug-likeness (QED) is 0.880. The summed E-state index contributed by atoms with van der Waals surface area (Å²) in [7, 11) is 1.74. The van der Waals surface area contributed by atoms with Crippen molar-refractivity contribution in [1.29, 1.82) is 0 Å². The van der Waals surface area contributed by atoms with E-state index >= 15 is 0 Å². The second kappa shape index (κ2) is 5.82. The summed E-state index contributed by atoms with van der Waals surface area (Å²) >= 11 is 0. The zero-order valence-electron chi connectivity index (χ0n) is 10.5. The van der Waals surface area contributed by atoms with Crippen molar-refractivity contribution in [3.8, 4) is 0 Å². The van der Waals surface area contributed by atoms with E-state index in [1.54, 1.807) is 19.4 Å². The number of hydrogen-bond acceptors (Lipinski definition) is 4. The molecule has 0 aromatic carbocycles. The number of carboxylic acid groups (broad SMARTS) is 1. The normalized spacial score (nSPS) is 16.8. The van der Waals surface area contributed by atoms with E-state index in [-0.39, 0.29) is 5.69 Å². The highest BCUT2D eigenvalue weighted by atomic mass is 16.5. The predicted octanol–water partition coefficient (Wildman–Crippen LogP) is 1.64. The number of carbonyl (C=O) groups is 1. The smallest absolute Gasteiger partial charge is 0.354 e. The molecule has 1 N–H and O–H groups in total. The van der Waals surface area contributed by atoms with Crippen LogP contribution in [0.15, 0.2) is 18.3 Å². The van der Waals surface area contributed by atoms with Gasteiger partial charge in [-0.15, -0.1) is 0 Å². The summed E-state index contributed by atoms with van der Waals surface area (Å²) in [5.41, 5.74) is 1.09. The highest BCUT2D eigenvalue weighted by Crippen LogP contribution is 2.22. The summed E-state index contributed by atoms with van der Waals surface area (Å²) in [6, 6.07) is 3.38. The van der Waals surface area contributed by atoms with E-state index in [1.165, 1.54) is 0 Å². The summed E-state index contributed by atoms with van der Waals surface area (Å²) in [6.07, 6.45) is 3.85. The Morgan fingerprint density at radius 2 is 2.22 bits per heavy atom. The number of rotatable bonds is 4. The number of ether oxygens (including phenoxy) is 1. The van der Waals surface area contributed by atoms with E-state index in [0.717, 1.165) is 38.2 Å². The van der Waals surface area contributed by atoms with Crippen LogP contribution in [0.5, 0.6) is 0 Å².